The van der Waals surface area contributed by atoms with Crippen molar-refractivity contribution in [1.29, 1.82) is 0 Å². The van der Waals surface area contributed by atoms with Crippen molar-refractivity contribution in [2.75, 3.05) is 39.8 Å². The topological polar surface area (TPSA) is 61.9 Å². The molecule has 0 bridgehead atoms. The number of rotatable bonds is 6. The Morgan fingerprint density at radius 1 is 1.22 bits per heavy atom. The molecular formula is C21H29N3O3. The van der Waals surface area contributed by atoms with Gasteiger partial charge in [-0.3, -0.25) is 14.5 Å². The van der Waals surface area contributed by atoms with Gasteiger partial charge in [0, 0.05) is 38.3 Å². The summed E-state index contributed by atoms with van der Waals surface area (Å²) in [6.07, 6.45) is 7.62. The van der Waals surface area contributed by atoms with Gasteiger partial charge in [0.15, 0.2) is 0 Å². The molecule has 2 amide bonds. The zero-order valence-corrected chi connectivity index (χ0v) is 16.0. The summed E-state index contributed by atoms with van der Waals surface area (Å²) >= 11 is 0. The first-order valence-electron chi connectivity index (χ1n) is 9.78. The second kappa shape index (κ2) is 9.55. The van der Waals surface area contributed by atoms with Gasteiger partial charge in [0.1, 0.15) is 5.75 Å². The Bertz CT molecular complexity index is 683. The number of carbonyl (C=O) groups is 2. The minimum Gasteiger partial charge on any atom is -0.496 e. The maximum Gasteiger partial charge on any atom is 0.237 e. The van der Waals surface area contributed by atoms with Crippen molar-refractivity contribution in [3.8, 4) is 5.75 Å². The van der Waals surface area contributed by atoms with Gasteiger partial charge in [-0.15, -0.1) is 0 Å². The van der Waals surface area contributed by atoms with Gasteiger partial charge in [-0.1, -0.05) is 30.4 Å². The summed E-state index contributed by atoms with van der Waals surface area (Å²) in [7, 11) is 1.66. The Morgan fingerprint density at radius 2 is 2.00 bits per heavy atom. The minimum atomic E-state index is -0.393. The molecule has 6 nitrogen and oxygen atoms in total. The maximum atomic E-state index is 12.6. The highest BCUT2D eigenvalue weighted by Crippen LogP contribution is 2.19. The van der Waals surface area contributed by atoms with Gasteiger partial charge in [0.05, 0.1) is 19.6 Å². The van der Waals surface area contributed by atoms with Crippen LogP contribution in [0.25, 0.3) is 6.08 Å². The SMILES string of the molecule is COc1ccccc1/C=C/CN1CCNC(=O)[C@H]1CC(=O)N1CCCCC1. The Balaban J connectivity index is 1.62. The van der Waals surface area contributed by atoms with Gasteiger partial charge in [0.2, 0.25) is 11.8 Å². The van der Waals surface area contributed by atoms with Crippen LogP contribution in [0, 0.1) is 0 Å². The molecule has 0 radical (unpaired) electrons. The first-order chi connectivity index (χ1) is 13.2. The van der Waals surface area contributed by atoms with Crippen LogP contribution in [-0.2, 0) is 9.59 Å². The molecule has 2 saturated heterocycles. The molecule has 2 aliphatic rings. The summed E-state index contributed by atoms with van der Waals surface area (Å²) in [6.45, 7) is 3.64. The van der Waals surface area contributed by atoms with Gasteiger partial charge < -0.3 is 15.0 Å². The molecule has 0 spiro atoms. The molecule has 0 aromatic heterocycles. The van der Waals surface area contributed by atoms with Crippen molar-refractivity contribution in [3.05, 3.63) is 35.9 Å². The Kier molecular flexibility index (Phi) is 6.87. The van der Waals surface area contributed by atoms with Crippen molar-refractivity contribution in [3.63, 3.8) is 0 Å². The average Bonchev–Trinajstić information content (AvgIpc) is 2.71. The molecule has 1 atom stereocenters. The third-order valence-electron chi connectivity index (χ3n) is 5.29. The molecule has 0 saturated carbocycles. The molecule has 6 heteroatoms. The lowest BCUT2D eigenvalue weighted by atomic mass is 10.1. The maximum absolute atomic E-state index is 12.6. The smallest absolute Gasteiger partial charge is 0.237 e. The van der Waals surface area contributed by atoms with Crippen molar-refractivity contribution in [2.24, 2.45) is 0 Å². The van der Waals surface area contributed by atoms with Crippen LogP contribution >= 0.6 is 0 Å². The molecule has 2 heterocycles. The molecule has 3 rings (SSSR count). The minimum absolute atomic E-state index is 0.0442. The predicted molar refractivity (Wildman–Crippen MR) is 105 cm³/mol. The van der Waals surface area contributed by atoms with E-state index >= 15 is 0 Å². The van der Waals surface area contributed by atoms with E-state index in [0.29, 0.717) is 13.1 Å². The number of nitrogens with zero attached hydrogens (tertiary/aromatic N) is 2. The van der Waals surface area contributed by atoms with Crippen molar-refractivity contribution in [2.45, 2.75) is 31.7 Å². The predicted octanol–water partition coefficient (Wildman–Crippen LogP) is 1.91. The number of piperazine rings is 1. The fourth-order valence-electron chi connectivity index (χ4n) is 3.76. The molecule has 0 aliphatic carbocycles. The molecule has 1 aromatic carbocycles. The number of piperidine rings is 1. The fraction of sp³-hybridized carbons (Fsp3) is 0.524. The van der Waals surface area contributed by atoms with Crippen molar-refractivity contribution in [1.82, 2.24) is 15.1 Å². The van der Waals surface area contributed by atoms with Crippen LogP contribution in [0.5, 0.6) is 5.75 Å². The van der Waals surface area contributed by atoms with E-state index in [-0.39, 0.29) is 18.2 Å². The number of methoxy groups -OCH3 is 1. The summed E-state index contributed by atoms with van der Waals surface area (Å²) in [5, 5.41) is 2.90. The highest BCUT2D eigenvalue weighted by Gasteiger charge is 2.32. The first kappa shape index (κ1) is 19.4. The average molecular weight is 371 g/mol. The molecule has 1 N–H and O–H groups in total. The first-order valence-corrected chi connectivity index (χ1v) is 9.78. The molecule has 27 heavy (non-hydrogen) atoms. The monoisotopic (exact) mass is 371 g/mol. The summed E-state index contributed by atoms with van der Waals surface area (Å²) in [5.41, 5.74) is 1.00. The third-order valence-corrected chi connectivity index (χ3v) is 5.29. The number of hydrogen-bond donors (Lipinski definition) is 1. The number of nitrogens with one attached hydrogen (secondary N) is 1. The Labute approximate surface area is 161 Å². The van der Waals surface area contributed by atoms with Crippen LogP contribution in [0.15, 0.2) is 30.3 Å². The summed E-state index contributed by atoms with van der Waals surface area (Å²) < 4.78 is 5.37. The largest absolute Gasteiger partial charge is 0.496 e. The van der Waals surface area contributed by atoms with E-state index in [2.05, 4.69) is 10.2 Å². The highest BCUT2D eigenvalue weighted by molar-refractivity contribution is 5.89. The number of amides is 2. The molecule has 1 aromatic rings. The van der Waals surface area contributed by atoms with E-state index in [9.17, 15) is 9.59 Å². The second-order valence-electron chi connectivity index (χ2n) is 7.09. The van der Waals surface area contributed by atoms with Crippen molar-refractivity contribution < 1.29 is 14.3 Å². The van der Waals surface area contributed by atoms with Crippen LogP contribution in [-0.4, -0.2) is 67.5 Å². The lowest BCUT2D eigenvalue weighted by molar-refractivity contribution is -0.139. The summed E-state index contributed by atoms with van der Waals surface area (Å²) in [6, 6.07) is 7.43. The van der Waals surface area contributed by atoms with E-state index < -0.39 is 6.04 Å². The Hall–Kier alpha value is -2.34. The van der Waals surface area contributed by atoms with Gasteiger partial charge in [0.25, 0.3) is 0 Å². The van der Waals surface area contributed by atoms with Crippen LogP contribution in [0.3, 0.4) is 0 Å². The fourth-order valence-corrected chi connectivity index (χ4v) is 3.76. The zero-order valence-electron chi connectivity index (χ0n) is 16.0. The number of benzene rings is 1. The van der Waals surface area contributed by atoms with E-state index in [1.165, 1.54) is 6.42 Å². The van der Waals surface area contributed by atoms with E-state index in [0.717, 1.165) is 43.8 Å². The van der Waals surface area contributed by atoms with Crippen LogP contribution in [0.2, 0.25) is 0 Å². The second-order valence-corrected chi connectivity index (χ2v) is 7.09. The number of ether oxygens (including phenoxy) is 1. The van der Waals surface area contributed by atoms with E-state index in [4.69, 9.17) is 4.74 Å². The third kappa shape index (κ3) is 5.10. The van der Waals surface area contributed by atoms with E-state index in [1.54, 1.807) is 7.11 Å². The number of hydrogen-bond acceptors (Lipinski definition) is 4. The standard InChI is InChI=1S/C21H29N3O3/c1-27-19-10-4-3-8-17(19)9-7-14-23-15-11-22-21(26)18(23)16-20(25)24-12-5-2-6-13-24/h3-4,7-10,18H,2,5-6,11-16H2,1H3,(H,22,26)/b9-7+/t18-/m1/s1. The Morgan fingerprint density at radius 3 is 2.78 bits per heavy atom. The summed E-state index contributed by atoms with van der Waals surface area (Å²) in [5.74, 6) is 0.870. The highest BCUT2D eigenvalue weighted by atomic mass is 16.5. The quantitative estimate of drug-likeness (QED) is 0.830. The molecule has 2 aliphatic heterocycles. The van der Waals surface area contributed by atoms with Crippen molar-refractivity contribution >= 4 is 17.9 Å². The zero-order chi connectivity index (χ0) is 19.1. The van der Waals surface area contributed by atoms with Gasteiger partial charge >= 0.3 is 0 Å². The summed E-state index contributed by atoms with van der Waals surface area (Å²) in [4.78, 5) is 29.0. The van der Waals surface area contributed by atoms with Gasteiger partial charge in [-0.25, -0.2) is 0 Å². The number of para-hydroxylation sites is 1. The molecule has 0 unspecified atom stereocenters. The number of likely N-dealkylation sites (tertiary alicyclic amines) is 1. The molecule has 146 valence electrons. The van der Waals surface area contributed by atoms with Crippen LogP contribution in [0.4, 0.5) is 0 Å². The van der Waals surface area contributed by atoms with Crippen LogP contribution < -0.4 is 10.1 Å². The number of carbonyl (C=O) groups excluding carboxylic acids is 2. The molecular weight excluding hydrogens is 342 g/mol. The van der Waals surface area contributed by atoms with E-state index in [1.807, 2.05) is 41.3 Å². The lowest BCUT2D eigenvalue weighted by Gasteiger charge is -2.35. The molecule has 2 fully saturated rings. The van der Waals surface area contributed by atoms with Gasteiger partial charge in [-0.05, 0) is 25.3 Å². The van der Waals surface area contributed by atoms with Gasteiger partial charge in [-0.2, -0.15) is 0 Å². The normalized spacial score (nSPS) is 21.3. The van der Waals surface area contributed by atoms with Crippen LogP contribution in [0.1, 0.15) is 31.2 Å². The lowest BCUT2D eigenvalue weighted by Crippen LogP contribution is -2.56.